The average Bonchev–Trinajstić information content (AvgIpc) is 3.57. The molecule has 0 N–H and O–H groups in total. The smallest absolute Gasteiger partial charge is 0.489 e. The summed E-state index contributed by atoms with van der Waals surface area (Å²) in [6.07, 6.45) is 10.1. The lowest BCUT2D eigenvalue weighted by Gasteiger charge is -2.26. The Hall–Kier alpha value is -4.06. The summed E-state index contributed by atoms with van der Waals surface area (Å²) in [5.74, 6) is 0.876. The summed E-state index contributed by atoms with van der Waals surface area (Å²) in [4.78, 5) is 14.2. The maximum Gasteiger partial charge on any atom is 0.508 e. The highest BCUT2D eigenvalue weighted by molar-refractivity contribution is 6.03. The Labute approximate surface area is 275 Å². The third kappa shape index (κ3) is 6.19. The van der Waals surface area contributed by atoms with E-state index >= 15 is 0 Å². The Kier molecular flexibility index (Phi) is 9.67. The van der Waals surface area contributed by atoms with Gasteiger partial charge >= 0.3 is 6.16 Å². The number of aryl methyl sites for hydroxylation is 2. The van der Waals surface area contributed by atoms with E-state index in [1.54, 1.807) is 6.92 Å². The second-order valence-corrected chi connectivity index (χ2v) is 13.5. The maximum atomic E-state index is 11.8. The molecule has 0 fully saturated rings. The predicted molar refractivity (Wildman–Crippen MR) is 187 cm³/mol. The van der Waals surface area contributed by atoms with Gasteiger partial charge in [-0.2, -0.15) is 4.58 Å². The van der Waals surface area contributed by atoms with Crippen LogP contribution in [0, 0.1) is 13.8 Å². The molecule has 2 aliphatic heterocycles. The average molecular weight is 624 g/mol. The van der Waals surface area contributed by atoms with Gasteiger partial charge in [-0.25, -0.2) is 4.79 Å². The number of benzene rings is 2. The van der Waals surface area contributed by atoms with E-state index in [1.807, 2.05) is 0 Å². The van der Waals surface area contributed by atoms with Crippen LogP contribution in [0.15, 0.2) is 83.3 Å². The number of nitrogens with zero attached hydrogens (tertiary/aromatic N) is 2. The van der Waals surface area contributed by atoms with Gasteiger partial charge in [0.1, 0.15) is 25.5 Å². The second kappa shape index (κ2) is 13.4. The van der Waals surface area contributed by atoms with Gasteiger partial charge in [0.05, 0.1) is 12.0 Å². The molecule has 0 aromatic heterocycles. The Bertz CT molecular complexity index is 1670. The van der Waals surface area contributed by atoms with Gasteiger partial charge in [-0.3, -0.25) is 0 Å². The summed E-state index contributed by atoms with van der Waals surface area (Å²) in [5, 5.41) is 0. The van der Waals surface area contributed by atoms with Crippen LogP contribution in [0.25, 0.3) is 0 Å². The second-order valence-electron chi connectivity index (χ2n) is 13.5. The van der Waals surface area contributed by atoms with E-state index in [4.69, 9.17) is 14.2 Å². The molecule has 0 saturated carbocycles. The fraction of sp³-hybridized carbons (Fsp3) is 0.450. The largest absolute Gasteiger partial charge is 0.508 e. The number of likely N-dealkylation sites (N-methyl/N-ethyl adjacent to an activating group) is 1. The first-order chi connectivity index (χ1) is 21.9. The van der Waals surface area contributed by atoms with Crippen molar-refractivity contribution in [2.45, 2.75) is 86.0 Å². The molecule has 0 unspecified atom stereocenters. The summed E-state index contributed by atoms with van der Waals surface area (Å²) in [7, 11) is 0. The molecule has 2 aromatic carbocycles. The number of fused-ring (bicyclic) bond motifs is 2. The SMILES string of the molecule is CCOC(=O)OCCOC1=C(/C=C/C2=[N+](CC)c3ccc(C)cc3C2(C)C)CC/C1=C\C=C1\N(CC)c2ccc(C)cc2C1(C)C. The predicted octanol–water partition coefficient (Wildman–Crippen LogP) is 9.12. The number of carbonyl (C=O) groups is 1. The third-order valence-electron chi connectivity index (χ3n) is 9.67. The van der Waals surface area contributed by atoms with E-state index in [9.17, 15) is 4.79 Å². The maximum absolute atomic E-state index is 11.8. The molecule has 6 heteroatoms. The summed E-state index contributed by atoms with van der Waals surface area (Å²) in [5.41, 5.74) is 12.5. The van der Waals surface area contributed by atoms with Gasteiger partial charge in [-0.1, -0.05) is 49.2 Å². The number of anilines is 1. The van der Waals surface area contributed by atoms with Gasteiger partial charge in [0.25, 0.3) is 0 Å². The van der Waals surface area contributed by atoms with Gasteiger partial charge in [-0.05, 0) is 102 Å². The molecule has 0 radical (unpaired) electrons. The van der Waals surface area contributed by atoms with Crippen molar-refractivity contribution in [2.24, 2.45) is 0 Å². The molecule has 0 spiro atoms. The first kappa shape index (κ1) is 33.3. The molecule has 0 saturated heterocycles. The fourth-order valence-corrected chi connectivity index (χ4v) is 7.25. The van der Waals surface area contributed by atoms with Gasteiger partial charge in [0.15, 0.2) is 5.71 Å². The molecular weight excluding hydrogens is 572 g/mol. The van der Waals surface area contributed by atoms with E-state index in [0.29, 0.717) is 0 Å². The number of allylic oxidation sites excluding steroid dienone is 7. The molecule has 0 bridgehead atoms. The fourth-order valence-electron chi connectivity index (χ4n) is 7.25. The van der Waals surface area contributed by atoms with E-state index in [2.05, 4.69) is 126 Å². The minimum absolute atomic E-state index is 0.115. The van der Waals surface area contributed by atoms with Gasteiger partial charge in [0.2, 0.25) is 5.69 Å². The first-order valence-corrected chi connectivity index (χ1v) is 16.8. The number of ether oxygens (including phenoxy) is 3. The minimum atomic E-state index is -0.667. The molecule has 46 heavy (non-hydrogen) atoms. The summed E-state index contributed by atoms with van der Waals surface area (Å²) < 4.78 is 19.0. The molecule has 5 rings (SSSR count). The van der Waals surface area contributed by atoms with Crippen molar-refractivity contribution >= 4 is 23.2 Å². The van der Waals surface area contributed by atoms with Gasteiger partial charge in [0, 0.05) is 41.1 Å². The van der Waals surface area contributed by atoms with Crippen molar-refractivity contribution in [2.75, 3.05) is 37.8 Å². The van der Waals surface area contributed by atoms with Crippen LogP contribution in [-0.4, -0.2) is 49.4 Å². The Balaban J connectivity index is 1.49. The molecule has 244 valence electrons. The topological polar surface area (TPSA) is 51.0 Å². The van der Waals surface area contributed by atoms with Crippen LogP contribution >= 0.6 is 0 Å². The molecule has 1 aliphatic carbocycles. The number of carbonyl (C=O) groups excluding carboxylic acids is 1. The normalized spacial score (nSPS) is 19.9. The molecule has 0 atom stereocenters. The highest BCUT2D eigenvalue weighted by Gasteiger charge is 2.44. The summed E-state index contributed by atoms with van der Waals surface area (Å²) in [6.45, 7) is 22.2. The first-order valence-electron chi connectivity index (χ1n) is 16.8. The van der Waals surface area contributed by atoms with Crippen molar-refractivity contribution in [3.05, 3.63) is 106 Å². The molecule has 6 nitrogen and oxygen atoms in total. The van der Waals surface area contributed by atoms with Crippen LogP contribution in [0.3, 0.4) is 0 Å². The zero-order valence-corrected chi connectivity index (χ0v) is 29.3. The van der Waals surface area contributed by atoms with Crippen molar-refractivity contribution in [1.82, 2.24) is 0 Å². The molecule has 3 aliphatic rings. The molecule has 2 aromatic rings. The van der Waals surface area contributed by atoms with Gasteiger partial charge in [-0.15, -0.1) is 0 Å². The van der Waals surface area contributed by atoms with Crippen molar-refractivity contribution < 1.29 is 23.6 Å². The van der Waals surface area contributed by atoms with Crippen LogP contribution in [0.4, 0.5) is 16.2 Å². The van der Waals surface area contributed by atoms with Crippen LogP contribution < -0.4 is 4.90 Å². The van der Waals surface area contributed by atoms with Crippen LogP contribution in [-0.2, 0) is 25.0 Å². The lowest BCUT2D eigenvalue weighted by molar-refractivity contribution is -0.433. The summed E-state index contributed by atoms with van der Waals surface area (Å²) >= 11 is 0. The quantitative estimate of drug-likeness (QED) is 0.150. The third-order valence-corrected chi connectivity index (χ3v) is 9.67. The van der Waals surface area contributed by atoms with Crippen LogP contribution in [0.5, 0.6) is 0 Å². The zero-order chi connectivity index (χ0) is 33.2. The lowest BCUT2D eigenvalue weighted by Crippen LogP contribution is -2.27. The zero-order valence-electron chi connectivity index (χ0n) is 29.3. The van der Waals surface area contributed by atoms with E-state index in [-0.39, 0.29) is 30.7 Å². The van der Waals surface area contributed by atoms with E-state index < -0.39 is 6.16 Å². The standard InChI is InChI=1S/C40H51N2O4/c1-10-41-33-19-13-27(4)25-31(33)39(6,7)35(41)21-17-29-15-16-30(37(29)45-23-24-46-38(43)44-12-3)18-22-36-40(8,9)32-26-28(5)14-20-34(32)42(36)11-2/h13-14,17-22,25-26H,10-12,15-16,23-24H2,1-9H3/q+1. The minimum Gasteiger partial charge on any atom is -0.489 e. The van der Waals surface area contributed by atoms with Crippen molar-refractivity contribution in [3.8, 4) is 0 Å². The molecule has 0 amide bonds. The van der Waals surface area contributed by atoms with Crippen LogP contribution in [0.2, 0.25) is 0 Å². The van der Waals surface area contributed by atoms with E-state index in [0.717, 1.165) is 42.8 Å². The number of hydrogen-bond donors (Lipinski definition) is 0. The highest BCUT2D eigenvalue weighted by atomic mass is 16.7. The molecule has 2 heterocycles. The van der Waals surface area contributed by atoms with E-state index in [1.165, 1.54) is 45.0 Å². The monoisotopic (exact) mass is 623 g/mol. The Morgan fingerprint density at radius 3 is 2.28 bits per heavy atom. The van der Waals surface area contributed by atoms with Gasteiger partial charge < -0.3 is 19.1 Å². The van der Waals surface area contributed by atoms with Crippen molar-refractivity contribution in [1.29, 1.82) is 0 Å². The Morgan fingerprint density at radius 2 is 1.59 bits per heavy atom. The van der Waals surface area contributed by atoms with Crippen molar-refractivity contribution in [3.63, 3.8) is 0 Å². The lowest BCUT2D eigenvalue weighted by atomic mass is 9.80. The molecular formula is C40H51N2O4+. The number of rotatable bonds is 10. The highest BCUT2D eigenvalue weighted by Crippen LogP contribution is 2.48. The van der Waals surface area contributed by atoms with Crippen LogP contribution in [0.1, 0.15) is 83.6 Å². The summed E-state index contributed by atoms with van der Waals surface area (Å²) in [6, 6.07) is 13.5. The number of hydrogen-bond acceptors (Lipinski definition) is 5. The Morgan fingerprint density at radius 1 is 0.870 bits per heavy atom.